The van der Waals surface area contributed by atoms with Gasteiger partial charge in [0.15, 0.2) is 0 Å². The van der Waals surface area contributed by atoms with E-state index in [1.165, 1.54) is 6.42 Å². The molecule has 4 nitrogen and oxygen atoms in total. The zero-order valence-corrected chi connectivity index (χ0v) is 9.25. The van der Waals surface area contributed by atoms with Crippen LogP contribution < -0.4 is 5.32 Å². The van der Waals surface area contributed by atoms with E-state index in [2.05, 4.69) is 12.2 Å². The SMILES string of the molecule is CCCCCCC(=O)NC1CCOC1=O. The van der Waals surface area contributed by atoms with Gasteiger partial charge in [0.25, 0.3) is 0 Å². The van der Waals surface area contributed by atoms with Crippen LogP contribution in [-0.4, -0.2) is 24.5 Å². The lowest BCUT2D eigenvalue weighted by Gasteiger charge is -2.08. The second-order valence-electron chi connectivity index (χ2n) is 3.89. The van der Waals surface area contributed by atoms with E-state index in [1.807, 2.05) is 0 Å². The third-order valence-electron chi connectivity index (χ3n) is 2.53. The molecule has 0 aliphatic carbocycles. The smallest absolute Gasteiger partial charge is 0.328 e. The Balaban J connectivity index is 2.10. The fraction of sp³-hybridized carbons (Fsp3) is 0.818. The third kappa shape index (κ3) is 4.32. The van der Waals surface area contributed by atoms with Gasteiger partial charge in [-0.3, -0.25) is 4.79 Å². The van der Waals surface area contributed by atoms with Crippen molar-refractivity contribution in [1.29, 1.82) is 0 Å². The van der Waals surface area contributed by atoms with Gasteiger partial charge in [-0.2, -0.15) is 0 Å². The van der Waals surface area contributed by atoms with Gasteiger partial charge in [0.05, 0.1) is 6.61 Å². The van der Waals surface area contributed by atoms with Gasteiger partial charge in [-0.05, 0) is 6.42 Å². The Kier molecular flexibility index (Phi) is 5.15. The molecule has 0 saturated carbocycles. The molecule has 1 aliphatic heterocycles. The topological polar surface area (TPSA) is 55.4 Å². The first-order valence-electron chi connectivity index (χ1n) is 5.70. The van der Waals surface area contributed by atoms with E-state index in [9.17, 15) is 9.59 Å². The highest BCUT2D eigenvalue weighted by Gasteiger charge is 2.27. The summed E-state index contributed by atoms with van der Waals surface area (Å²) >= 11 is 0. The van der Waals surface area contributed by atoms with Gasteiger partial charge in [-0.1, -0.05) is 26.2 Å². The summed E-state index contributed by atoms with van der Waals surface area (Å²) in [6, 6.07) is -0.399. The van der Waals surface area contributed by atoms with Gasteiger partial charge in [0, 0.05) is 12.8 Å². The number of hydrogen-bond acceptors (Lipinski definition) is 3. The standard InChI is InChI=1S/C11H19NO3/c1-2-3-4-5-6-10(13)12-9-7-8-15-11(9)14/h9H,2-8H2,1H3,(H,12,13). The van der Waals surface area contributed by atoms with Crippen molar-refractivity contribution in [3.05, 3.63) is 0 Å². The van der Waals surface area contributed by atoms with E-state index in [1.54, 1.807) is 0 Å². The molecule has 4 heteroatoms. The van der Waals surface area contributed by atoms with Crippen molar-refractivity contribution in [3.63, 3.8) is 0 Å². The summed E-state index contributed by atoms with van der Waals surface area (Å²) in [7, 11) is 0. The first-order valence-corrected chi connectivity index (χ1v) is 5.70. The van der Waals surface area contributed by atoms with Crippen molar-refractivity contribution in [1.82, 2.24) is 5.32 Å². The molecule has 1 N–H and O–H groups in total. The number of nitrogens with one attached hydrogen (secondary N) is 1. The van der Waals surface area contributed by atoms with Crippen molar-refractivity contribution in [3.8, 4) is 0 Å². The minimum absolute atomic E-state index is 0.0325. The van der Waals surface area contributed by atoms with Gasteiger partial charge in [0.2, 0.25) is 5.91 Å². The Hall–Kier alpha value is -1.06. The largest absolute Gasteiger partial charge is 0.464 e. The number of amides is 1. The zero-order chi connectivity index (χ0) is 11.1. The highest BCUT2D eigenvalue weighted by Crippen LogP contribution is 2.07. The third-order valence-corrected chi connectivity index (χ3v) is 2.53. The minimum Gasteiger partial charge on any atom is -0.464 e. The highest BCUT2D eigenvalue weighted by molar-refractivity contribution is 5.85. The summed E-state index contributed by atoms with van der Waals surface area (Å²) in [5.41, 5.74) is 0. The Morgan fingerprint density at radius 2 is 2.27 bits per heavy atom. The first-order chi connectivity index (χ1) is 7.24. The monoisotopic (exact) mass is 213 g/mol. The van der Waals surface area contributed by atoms with Crippen LogP contribution in [0.25, 0.3) is 0 Å². The van der Waals surface area contributed by atoms with E-state index >= 15 is 0 Å². The van der Waals surface area contributed by atoms with Gasteiger partial charge >= 0.3 is 5.97 Å². The summed E-state index contributed by atoms with van der Waals surface area (Å²) in [4.78, 5) is 22.4. The second-order valence-corrected chi connectivity index (χ2v) is 3.89. The van der Waals surface area contributed by atoms with Crippen LogP contribution in [-0.2, 0) is 14.3 Å². The predicted octanol–water partition coefficient (Wildman–Crippen LogP) is 1.39. The summed E-state index contributed by atoms with van der Waals surface area (Å²) in [5.74, 6) is -0.327. The second kappa shape index (κ2) is 6.43. The number of rotatable bonds is 6. The van der Waals surface area contributed by atoms with E-state index in [-0.39, 0.29) is 11.9 Å². The molecule has 15 heavy (non-hydrogen) atoms. The molecule has 0 aromatic rings. The van der Waals surface area contributed by atoms with E-state index < -0.39 is 6.04 Å². The Morgan fingerprint density at radius 1 is 1.47 bits per heavy atom. The molecule has 0 radical (unpaired) electrons. The molecule has 0 bridgehead atoms. The number of unbranched alkanes of at least 4 members (excludes halogenated alkanes) is 3. The van der Waals surface area contributed by atoms with Crippen molar-refractivity contribution < 1.29 is 14.3 Å². The van der Waals surface area contributed by atoms with Crippen LogP contribution in [0.2, 0.25) is 0 Å². The number of hydrogen-bond donors (Lipinski definition) is 1. The summed E-state index contributed by atoms with van der Waals surface area (Å²) in [6.45, 7) is 2.56. The number of esters is 1. The van der Waals surface area contributed by atoms with E-state index in [0.29, 0.717) is 19.4 Å². The summed E-state index contributed by atoms with van der Waals surface area (Å²) in [6.07, 6.45) is 5.44. The van der Waals surface area contributed by atoms with Gasteiger partial charge in [-0.15, -0.1) is 0 Å². The average molecular weight is 213 g/mol. The van der Waals surface area contributed by atoms with Crippen molar-refractivity contribution in [2.75, 3.05) is 6.61 Å². The van der Waals surface area contributed by atoms with Crippen LogP contribution >= 0.6 is 0 Å². The van der Waals surface area contributed by atoms with E-state index in [4.69, 9.17) is 4.74 Å². The highest BCUT2D eigenvalue weighted by atomic mass is 16.5. The first kappa shape index (κ1) is 12.0. The van der Waals surface area contributed by atoms with Gasteiger partial charge in [0.1, 0.15) is 6.04 Å². The molecule has 1 saturated heterocycles. The maximum Gasteiger partial charge on any atom is 0.328 e. The predicted molar refractivity (Wildman–Crippen MR) is 56.3 cm³/mol. The van der Waals surface area contributed by atoms with Crippen LogP contribution in [0, 0.1) is 0 Å². The molecule has 86 valence electrons. The summed E-state index contributed by atoms with van der Waals surface area (Å²) in [5, 5.41) is 2.69. The Morgan fingerprint density at radius 3 is 2.87 bits per heavy atom. The molecule has 1 unspecified atom stereocenters. The number of cyclic esters (lactones) is 1. The van der Waals surface area contributed by atoms with Crippen molar-refractivity contribution >= 4 is 11.9 Å². The van der Waals surface area contributed by atoms with Crippen LogP contribution in [0.4, 0.5) is 0 Å². The molecule has 0 spiro atoms. The molecular formula is C11H19NO3. The van der Waals surface area contributed by atoms with Crippen LogP contribution in [0.5, 0.6) is 0 Å². The quantitative estimate of drug-likeness (QED) is 0.536. The molecular weight excluding hydrogens is 194 g/mol. The number of carbonyl (C=O) groups excluding carboxylic acids is 2. The molecule has 0 aromatic carbocycles. The molecule has 1 heterocycles. The number of carbonyl (C=O) groups is 2. The minimum atomic E-state index is -0.399. The van der Waals surface area contributed by atoms with Gasteiger partial charge in [-0.25, -0.2) is 4.79 Å². The van der Waals surface area contributed by atoms with Crippen LogP contribution in [0.1, 0.15) is 45.4 Å². The van der Waals surface area contributed by atoms with E-state index in [0.717, 1.165) is 19.3 Å². The molecule has 1 rings (SSSR count). The summed E-state index contributed by atoms with van der Waals surface area (Å²) < 4.78 is 4.76. The average Bonchev–Trinajstić information content (AvgIpc) is 2.59. The van der Waals surface area contributed by atoms with Crippen molar-refractivity contribution in [2.24, 2.45) is 0 Å². The maximum atomic E-state index is 11.4. The molecule has 1 amide bonds. The number of ether oxygens (including phenoxy) is 1. The molecule has 0 aromatic heterocycles. The fourth-order valence-corrected chi connectivity index (χ4v) is 1.61. The lowest BCUT2D eigenvalue weighted by atomic mass is 10.1. The maximum absolute atomic E-state index is 11.4. The lowest BCUT2D eigenvalue weighted by Crippen LogP contribution is -2.37. The Bertz CT molecular complexity index is 228. The Labute approximate surface area is 90.4 Å². The lowest BCUT2D eigenvalue weighted by molar-refractivity contribution is -0.141. The van der Waals surface area contributed by atoms with Crippen molar-refractivity contribution in [2.45, 2.75) is 51.5 Å². The molecule has 1 aliphatic rings. The van der Waals surface area contributed by atoms with Crippen LogP contribution in [0.3, 0.4) is 0 Å². The normalized spacial score (nSPS) is 20.1. The molecule has 1 fully saturated rings. The zero-order valence-electron chi connectivity index (χ0n) is 9.25. The molecule has 1 atom stereocenters. The van der Waals surface area contributed by atoms with Crippen LogP contribution in [0.15, 0.2) is 0 Å². The van der Waals surface area contributed by atoms with Gasteiger partial charge < -0.3 is 10.1 Å². The fourth-order valence-electron chi connectivity index (χ4n) is 1.61.